The van der Waals surface area contributed by atoms with Crippen LogP contribution in [0.25, 0.3) is 10.8 Å². The lowest BCUT2D eigenvalue weighted by Gasteiger charge is -2.12. The molecule has 0 fully saturated rings. The summed E-state index contributed by atoms with van der Waals surface area (Å²) in [6, 6.07) is 9.37. The van der Waals surface area contributed by atoms with Crippen molar-refractivity contribution in [3.05, 3.63) is 41.3 Å². The third-order valence-corrected chi connectivity index (χ3v) is 6.61. The molecule has 8 nitrogen and oxygen atoms in total. The minimum absolute atomic E-state index is 0.108. The zero-order valence-electron chi connectivity index (χ0n) is 14.6. The van der Waals surface area contributed by atoms with E-state index in [1.807, 2.05) is 35.7 Å². The third-order valence-electron chi connectivity index (χ3n) is 3.97. The van der Waals surface area contributed by atoms with Crippen LogP contribution >= 0.6 is 18.9 Å². The first kappa shape index (κ1) is 18.1. The van der Waals surface area contributed by atoms with Gasteiger partial charge in [0.25, 0.3) is 0 Å². The number of benzene rings is 1. The Kier molecular flexibility index (Phi) is 4.92. The summed E-state index contributed by atoms with van der Waals surface area (Å²) in [6.07, 6.45) is 0. The predicted octanol–water partition coefficient (Wildman–Crippen LogP) is 3.86. The van der Waals surface area contributed by atoms with Crippen LogP contribution in [0.1, 0.15) is 5.56 Å². The Labute approximate surface area is 159 Å². The lowest BCUT2D eigenvalue weighted by atomic mass is 10.2. The molecule has 1 N–H and O–H groups in total. The molecular formula is C17H17N2O6PS. The third kappa shape index (κ3) is 3.46. The first-order valence-electron chi connectivity index (χ1n) is 8.02. The van der Waals surface area contributed by atoms with Crippen molar-refractivity contribution in [3.63, 3.8) is 0 Å². The number of rotatable bonds is 7. The van der Waals surface area contributed by atoms with Gasteiger partial charge in [0.2, 0.25) is 24.0 Å². The van der Waals surface area contributed by atoms with Gasteiger partial charge in [-0.05, 0) is 29.1 Å². The molecule has 0 unspecified atom stereocenters. The molecule has 0 saturated heterocycles. The van der Waals surface area contributed by atoms with E-state index in [1.165, 1.54) is 25.6 Å². The number of hydrogen-bond acceptors (Lipinski definition) is 9. The second kappa shape index (κ2) is 7.36. The Morgan fingerprint density at radius 1 is 1.22 bits per heavy atom. The second-order valence-corrected chi connectivity index (χ2v) is 8.65. The smallest absolute Gasteiger partial charge is 0.384 e. The Hall–Kier alpha value is -2.32. The quantitative estimate of drug-likeness (QED) is 0.590. The Bertz CT molecular complexity index is 979. The molecule has 1 aliphatic heterocycles. The van der Waals surface area contributed by atoms with Crippen molar-refractivity contribution >= 4 is 30.3 Å². The van der Waals surface area contributed by atoms with Crippen LogP contribution < -0.4 is 20.2 Å². The molecule has 0 saturated carbocycles. The van der Waals surface area contributed by atoms with Crippen molar-refractivity contribution in [2.45, 2.75) is 6.54 Å². The summed E-state index contributed by atoms with van der Waals surface area (Å²) < 4.78 is 39.6. The fourth-order valence-electron chi connectivity index (χ4n) is 2.60. The van der Waals surface area contributed by atoms with Crippen LogP contribution in [0.3, 0.4) is 0 Å². The number of thiophene rings is 1. The monoisotopic (exact) mass is 408 g/mol. The number of nitrogens with zero attached hydrogens (tertiary/aromatic N) is 1. The molecular weight excluding hydrogens is 391 g/mol. The molecule has 10 heteroatoms. The molecule has 1 aliphatic rings. The molecule has 3 heterocycles. The van der Waals surface area contributed by atoms with Crippen molar-refractivity contribution in [1.82, 2.24) is 4.98 Å². The highest BCUT2D eigenvalue weighted by molar-refractivity contribution is 7.62. The number of aromatic nitrogens is 1. The first-order chi connectivity index (χ1) is 13.1. The highest BCUT2D eigenvalue weighted by atomic mass is 32.1. The van der Waals surface area contributed by atoms with E-state index in [2.05, 4.69) is 10.3 Å². The van der Waals surface area contributed by atoms with Gasteiger partial charge in [0, 0.05) is 20.8 Å². The maximum absolute atomic E-state index is 12.9. The fourth-order valence-corrected chi connectivity index (χ4v) is 4.33. The predicted molar refractivity (Wildman–Crippen MR) is 101 cm³/mol. The summed E-state index contributed by atoms with van der Waals surface area (Å²) >= 11 is 1.47. The lowest BCUT2D eigenvalue weighted by Crippen LogP contribution is -2.14. The molecule has 0 amide bonds. The summed E-state index contributed by atoms with van der Waals surface area (Å²) in [5.74, 6) is 1.98. The van der Waals surface area contributed by atoms with Crippen LogP contribution in [0.4, 0.5) is 5.88 Å². The van der Waals surface area contributed by atoms with Gasteiger partial charge in [-0.2, -0.15) is 4.98 Å². The summed E-state index contributed by atoms with van der Waals surface area (Å²) in [7, 11) is -0.972. The van der Waals surface area contributed by atoms with Gasteiger partial charge in [0.05, 0.1) is 4.88 Å². The van der Waals surface area contributed by atoms with Gasteiger partial charge < -0.3 is 28.3 Å². The van der Waals surface area contributed by atoms with Gasteiger partial charge in [0.1, 0.15) is 0 Å². The summed E-state index contributed by atoms with van der Waals surface area (Å²) in [4.78, 5) is 5.17. The van der Waals surface area contributed by atoms with Crippen LogP contribution in [-0.2, 0) is 20.2 Å². The zero-order chi connectivity index (χ0) is 18.9. The van der Waals surface area contributed by atoms with Crippen molar-refractivity contribution in [2.24, 2.45) is 0 Å². The maximum atomic E-state index is 12.9. The van der Waals surface area contributed by atoms with E-state index in [1.54, 1.807) is 0 Å². The molecule has 142 valence electrons. The van der Waals surface area contributed by atoms with Gasteiger partial charge in [-0.25, -0.2) is 0 Å². The van der Waals surface area contributed by atoms with E-state index in [-0.39, 0.29) is 18.1 Å². The van der Waals surface area contributed by atoms with Crippen LogP contribution in [0.5, 0.6) is 11.5 Å². The van der Waals surface area contributed by atoms with Crippen LogP contribution in [0, 0.1) is 0 Å². The molecule has 0 aliphatic carbocycles. The van der Waals surface area contributed by atoms with E-state index in [0.717, 1.165) is 10.4 Å². The number of anilines is 1. The summed E-state index contributed by atoms with van der Waals surface area (Å²) in [6.45, 7) is 0.615. The standard InChI is InChI=1S/C17H17N2O6PS/c1-21-26(20,22-2)17-16(25-15(19-17)14-4-3-7-27-14)18-9-11-5-6-12-13(8-11)24-10-23-12/h3-8,18H,9-10H2,1-2H3. The summed E-state index contributed by atoms with van der Waals surface area (Å²) in [5, 5.41) is 5.03. The molecule has 0 atom stereocenters. The minimum atomic E-state index is -3.59. The molecule has 1 aromatic carbocycles. The van der Waals surface area contributed by atoms with Crippen LogP contribution in [0.2, 0.25) is 0 Å². The first-order valence-corrected chi connectivity index (χ1v) is 10.4. The average Bonchev–Trinajstić information content (AvgIpc) is 3.45. The van der Waals surface area contributed by atoms with Crippen molar-refractivity contribution in [3.8, 4) is 22.3 Å². The zero-order valence-corrected chi connectivity index (χ0v) is 16.3. The molecule has 3 aromatic rings. The van der Waals surface area contributed by atoms with Gasteiger partial charge in [-0.3, -0.25) is 4.57 Å². The van der Waals surface area contributed by atoms with E-state index in [9.17, 15) is 4.57 Å². The number of oxazole rings is 1. The van der Waals surface area contributed by atoms with Crippen LogP contribution in [0.15, 0.2) is 40.1 Å². The van der Waals surface area contributed by atoms with Gasteiger partial charge in [0.15, 0.2) is 11.5 Å². The average molecular weight is 408 g/mol. The molecule has 0 bridgehead atoms. The second-order valence-electron chi connectivity index (χ2n) is 5.55. The molecule has 0 spiro atoms. The molecule has 4 rings (SSSR count). The van der Waals surface area contributed by atoms with E-state index < -0.39 is 7.60 Å². The number of nitrogens with one attached hydrogen (secondary N) is 1. The minimum Gasteiger partial charge on any atom is -0.454 e. The topological polar surface area (TPSA) is 92.1 Å². The molecule has 2 aromatic heterocycles. The molecule has 27 heavy (non-hydrogen) atoms. The van der Waals surface area contributed by atoms with E-state index >= 15 is 0 Å². The summed E-state index contributed by atoms with van der Waals surface area (Å²) in [5.41, 5.74) is 1.04. The highest BCUT2D eigenvalue weighted by Crippen LogP contribution is 2.48. The SMILES string of the molecule is COP(=O)(OC)c1nc(-c2cccs2)oc1NCc1ccc2c(c1)OCO2. The van der Waals surface area contributed by atoms with Gasteiger partial charge in [-0.15, -0.1) is 11.3 Å². The van der Waals surface area contributed by atoms with Gasteiger partial charge in [-0.1, -0.05) is 12.1 Å². The van der Waals surface area contributed by atoms with Gasteiger partial charge >= 0.3 is 7.60 Å². The molecule has 0 radical (unpaired) electrons. The Morgan fingerprint density at radius 2 is 2.04 bits per heavy atom. The number of fused-ring (bicyclic) bond motifs is 1. The number of ether oxygens (including phenoxy) is 2. The fraction of sp³-hybridized carbons (Fsp3) is 0.235. The van der Waals surface area contributed by atoms with E-state index in [4.69, 9.17) is 22.9 Å². The Balaban J connectivity index is 1.63. The van der Waals surface area contributed by atoms with Crippen LogP contribution in [-0.4, -0.2) is 26.0 Å². The normalized spacial score (nSPS) is 13.1. The maximum Gasteiger partial charge on any atom is 0.384 e. The van der Waals surface area contributed by atoms with E-state index in [0.29, 0.717) is 23.9 Å². The Morgan fingerprint density at radius 3 is 2.78 bits per heavy atom. The van der Waals surface area contributed by atoms with Crippen molar-refractivity contribution < 1.29 is 27.5 Å². The van der Waals surface area contributed by atoms with Crippen molar-refractivity contribution in [1.29, 1.82) is 0 Å². The highest BCUT2D eigenvalue weighted by Gasteiger charge is 2.34. The lowest BCUT2D eigenvalue weighted by molar-refractivity contribution is 0.174. The van der Waals surface area contributed by atoms with Crippen molar-refractivity contribution in [2.75, 3.05) is 26.3 Å². The largest absolute Gasteiger partial charge is 0.454 e. The number of hydrogen-bond donors (Lipinski definition) is 1.